The van der Waals surface area contributed by atoms with E-state index in [4.69, 9.17) is 15.2 Å². The zero-order chi connectivity index (χ0) is 24.2. The van der Waals surface area contributed by atoms with Gasteiger partial charge in [0.2, 0.25) is 15.9 Å². The Bertz CT molecular complexity index is 1050. The number of ether oxygens (including phenoxy) is 2. The van der Waals surface area contributed by atoms with Crippen LogP contribution < -0.4 is 14.8 Å². The van der Waals surface area contributed by atoms with Gasteiger partial charge in [-0.15, -0.1) is 0 Å². The summed E-state index contributed by atoms with van der Waals surface area (Å²) in [4.78, 5) is 13.8. The highest BCUT2D eigenvalue weighted by atomic mass is 32.2. The molecular formula is C21H24F3N3O5S. The molecule has 0 unspecified atom stereocenters. The lowest BCUT2D eigenvalue weighted by Gasteiger charge is -2.35. The second-order valence-electron chi connectivity index (χ2n) is 7.48. The van der Waals surface area contributed by atoms with Gasteiger partial charge in [-0.25, -0.2) is 8.42 Å². The second-order valence-corrected chi connectivity index (χ2v) is 9.39. The van der Waals surface area contributed by atoms with Gasteiger partial charge >= 0.3 is 6.18 Å². The Morgan fingerprint density at radius 3 is 2.06 bits per heavy atom. The van der Waals surface area contributed by atoms with Crippen LogP contribution in [0, 0.1) is 0 Å². The Balaban J connectivity index is 1.77. The minimum atomic E-state index is -4.45. The summed E-state index contributed by atoms with van der Waals surface area (Å²) >= 11 is 0. The first kappa shape index (κ1) is 24.8. The summed E-state index contributed by atoms with van der Waals surface area (Å²) in [6.07, 6.45) is -3.42. The first-order chi connectivity index (χ1) is 15.4. The lowest BCUT2D eigenvalue weighted by Crippen LogP contribution is -2.55. The molecule has 1 atom stereocenters. The largest absolute Gasteiger partial charge is 0.457 e. The summed E-state index contributed by atoms with van der Waals surface area (Å²) in [5.74, 6) is -0.156. The number of anilines is 1. The van der Waals surface area contributed by atoms with Gasteiger partial charge in [-0.3, -0.25) is 14.0 Å². The third-order valence-electron chi connectivity index (χ3n) is 5.10. The van der Waals surface area contributed by atoms with Crippen LogP contribution in [-0.2, 0) is 25.7 Å². The van der Waals surface area contributed by atoms with Gasteiger partial charge in [-0.05, 0) is 48.5 Å². The van der Waals surface area contributed by atoms with Crippen molar-refractivity contribution in [1.29, 1.82) is 0 Å². The summed E-state index contributed by atoms with van der Waals surface area (Å²) in [6.45, 7) is 1.56. The minimum Gasteiger partial charge on any atom is -0.457 e. The first-order valence-corrected chi connectivity index (χ1v) is 11.8. The van der Waals surface area contributed by atoms with Crippen LogP contribution in [0.5, 0.6) is 11.5 Å². The van der Waals surface area contributed by atoms with E-state index in [2.05, 4.69) is 0 Å². The highest BCUT2D eigenvalue weighted by Crippen LogP contribution is 2.32. The number of carbonyl (C=O) groups is 1. The van der Waals surface area contributed by atoms with Crippen LogP contribution in [0.1, 0.15) is 5.56 Å². The average molecular weight is 488 g/mol. The van der Waals surface area contributed by atoms with Gasteiger partial charge < -0.3 is 15.2 Å². The van der Waals surface area contributed by atoms with Crippen molar-refractivity contribution >= 4 is 21.6 Å². The quantitative estimate of drug-likeness (QED) is 0.614. The standard InChI is InChI=1S/C21H24F3N3O5S/c1-33(29,30)27(14-19(20(25)28)26-10-12-31-13-11-26)16-4-8-18(9-5-16)32-17-6-2-15(3-7-17)21(22,23)24/h2-9,19H,10-14H2,1H3,(H2,25,28)/t19-/m0/s1. The smallest absolute Gasteiger partial charge is 0.416 e. The summed E-state index contributed by atoms with van der Waals surface area (Å²) in [7, 11) is -3.76. The van der Waals surface area contributed by atoms with Crippen LogP contribution in [-0.4, -0.2) is 64.4 Å². The van der Waals surface area contributed by atoms with Gasteiger partial charge in [0.25, 0.3) is 0 Å². The fraction of sp³-hybridized carbons (Fsp3) is 0.381. The van der Waals surface area contributed by atoms with Crippen molar-refractivity contribution in [3.05, 3.63) is 54.1 Å². The summed E-state index contributed by atoms with van der Waals surface area (Å²) < 4.78 is 74.9. The molecule has 1 heterocycles. The molecule has 180 valence electrons. The lowest BCUT2D eigenvalue weighted by atomic mass is 10.2. The number of primary amides is 1. The lowest BCUT2D eigenvalue weighted by molar-refractivity contribution is -0.137. The number of halogens is 3. The molecular weight excluding hydrogens is 463 g/mol. The number of sulfonamides is 1. The minimum absolute atomic E-state index is 0.173. The molecule has 2 aromatic carbocycles. The molecule has 0 spiro atoms. The monoisotopic (exact) mass is 487 g/mol. The highest BCUT2D eigenvalue weighted by molar-refractivity contribution is 7.92. The van der Waals surface area contributed by atoms with E-state index in [1.54, 1.807) is 4.90 Å². The molecule has 0 aromatic heterocycles. The number of amides is 1. The van der Waals surface area contributed by atoms with Crippen molar-refractivity contribution in [3.63, 3.8) is 0 Å². The van der Waals surface area contributed by atoms with Crippen molar-refractivity contribution in [2.24, 2.45) is 5.73 Å². The fourth-order valence-electron chi connectivity index (χ4n) is 3.39. The van der Waals surface area contributed by atoms with E-state index in [0.29, 0.717) is 32.1 Å². The van der Waals surface area contributed by atoms with Gasteiger partial charge in [0.1, 0.15) is 17.5 Å². The molecule has 2 aromatic rings. The van der Waals surface area contributed by atoms with Crippen molar-refractivity contribution in [2.45, 2.75) is 12.2 Å². The average Bonchev–Trinajstić information content (AvgIpc) is 2.74. The molecule has 0 aliphatic carbocycles. The van der Waals surface area contributed by atoms with Gasteiger partial charge in [0.15, 0.2) is 0 Å². The number of alkyl halides is 3. The maximum absolute atomic E-state index is 12.7. The molecule has 0 saturated carbocycles. The van der Waals surface area contributed by atoms with E-state index >= 15 is 0 Å². The third-order valence-corrected chi connectivity index (χ3v) is 6.26. The number of hydrogen-bond acceptors (Lipinski definition) is 6. The Kier molecular flexibility index (Phi) is 7.50. The number of nitrogens with two attached hydrogens (primary N) is 1. The van der Waals surface area contributed by atoms with Crippen LogP contribution in [0.4, 0.5) is 18.9 Å². The van der Waals surface area contributed by atoms with Gasteiger partial charge in [0, 0.05) is 13.1 Å². The maximum atomic E-state index is 12.7. The van der Waals surface area contributed by atoms with Crippen LogP contribution in [0.2, 0.25) is 0 Å². The molecule has 1 aliphatic rings. The van der Waals surface area contributed by atoms with Gasteiger partial charge in [-0.1, -0.05) is 0 Å². The summed E-state index contributed by atoms with van der Waals surface area (Å²) in [5, 5.41) is 0. The summed E-state index contributed by atoms with van der Waals surface area (Å²) in [6, 6.07) is 9.30. The highest BCUT2D eigenvalue weighted by Gasteiger charge is 2.31. The molecule has 1 amide bonds. The van der Waals surface area contributed by atoms with Gasteiger partial charge in [-0.2, -0.15) is 13.2 Å². The Labute approximate surface area is 189 Å². The molecule has 3 rings (SSSR count). The number of benzene rings is 2. The zero-order valence-electron chi connectivity index (χ0n) is 17.8. The molecule has 12 heteroatoms. The Hall–Kier alpha value is -2.83. The molecule has 2 N–H and O–H groups in total. The van der Waals surface area contributed by atoms with Crippen molar-refractivity contribution in [2.75, 3.05) is 43.4 Å². The van der Waals surface area contributed by atoms with E-state index in [1.807, 2.05) is 0 Å². The van der Waals surface area contributed by atoms with Crippen molar-refractivity contribution < 1.29 is 35.9 Å². The molecule has 1 saturated heterocycles. The van der Waals surface area contributed by atoms with Gasteiger partial charge in [0.05, 0.1) is 37.3 Å². The number of carbonyl (C=O) groups excluding carboxylic acids is 1. The topological polar surface area (TPSA) is 102 Å². The van der Waals surface area contributed by atoms with Crippen molar-refractivity contribution in [1.82, 2.24) is 4.90 Å². The number of hydrogen-bond donors (Lipinski definition) is 1. The van der Waals surface area contributed by atoms with E-state index in [9.17, 15) is 26.4 Å². The van der Waals surface area contributed by atoms with Crippen LogP contribution >= 0.6 is 0 Å². The molecule has 1 fully saturated rings. The predicted octanol–water partition coefficient (Wildman–Crippen LogP) is 2.45. The number of nitrogens with zero attached hydrogens (tertiary/aromatic N) is 2. The zero-order valence-corrected chi connectivity index (χ0v) is 18.6. The molecule has 33 heavy (non-hydrogen) atoms. The normalized spacial score (nSPS) is 16.2. The number of morpholine rings is 1. The second kappa shape index (κ2) is 9.98. The molecule has 8 nitrogen and oxygen atoms in total. The Morgan fingerprint density at radius 1 is 1.09 bits per heavy atom. The Morgan fingerprint density at radius 2 is 1.61 bits per heavy atom. The SMILES string of the molecule is CS(=O)(=O)N(C[C@@H](C(N)=O)N1CCOCC1)c1ccc(Oc2ccc(C(F)(F)F)cc2)cc1. The van der Waals surface area contributed by atoms with Crippen molar-refractivity contribution in [3.8, 4) is 11.5 Å². The predicted molar refractivity (Wildman–Crippen MR) is 116 cm³/mol. The molecule has 0 bridgehead atoms. The molecule has 1 aliphatic heterocycles. The number of rotatable bonds is 8. The summed E-state index contributed by atoms with van der Waals surface area (Å²) in [5.41, 5.74) is 5.05. The third kappa shape index (κ3) is 6.59. The maximum Gasteiger partial charge on any atom is 0.416 e. The van der Waals surface area contributed by atoms with Crippen LogP contribution in [0.15, 0.2) is 48.5 Å². The first-order valence-electron chi connectivity index (χ1n) is 9.99. The van der Waals surface area contributed by atoms with E-state index in [-0.39, 0.29) is 18.0 Å². The van der Waals surface area contributed by atoms with Crippen LogP contribution in [0.25, 0.3) is 0 Å². The van der Waals surface area contributed by atoms with E-state index < -0.39 is 33.7 Å². The van der Waals surface area contributed by atoms with E-state index in [1.165, 1.54) is 36.4 Å². The fourth-order valence-corrected chi connectivity index (χ4v) is 4.31. The molecule has 0 radical (unpaired) electrons. The van der Waals surface area contributed by atoms with E-state index in [0.717, 1.165) is 22.7 Å². The van der Waals surface area contributed by atoms with Crippen LogP contribution in [0.3, 0.4) is 0 Å².